The normalized spacial score (nSPS) is 16.2. The summed E-state index contributed by atoms with van der Waals surface area (Å²) in [5.41, 5.74) is 1.11. The van der Waals surface area contributed by atoms with Gasteiger partial charge in [-0.3, -0.25) is 4.99 Å². The molecule has 0 bridgehead atoms. The molecule has 1 unspecified atom stereocenters. The zero-order valence-electron chi connectivity index (χ0n) is 18.3. The molecule has 2 heterocycles. The molecule has 1 aromatic heterocycles. The molecule has 1 atom stereocenters. The number of hydrogen-bond donors (Lipinski definition) is 2. The third-order valence-corrected chi connectivity index (χ3v) is 4.96. The largest absolute Gasteiger partial charge is 0.492 e. The summed E-state index contributed by atoms with van der Waals surface area (Å²) in [6, 6.07) is 11.3. The molecule has 0 spiro atoms. The van der Waals surface area contributed by atoms with E-state index in [0.717, 1.165) is 36.8 Å². The second-order valence-electron chi connectivity index (χ2n) is 7.61. The van der Waals surface area contributed by atoms with E-state index in [0.29, 0.717) is 25.5 Å². The second kappa shape index (κ2) is 12.7. The van der Waals surface area contributed by atoms with Crippen molar-refractivity contribution in [2.24, 2.45) is 4.99 Å². The van der Waals surface area contributed by atoms with E-state index in [2.05, 4.69) is 31.6 Å². The van der Waals surface area contributed by atoms with E-state index in [9.17, 15) is 4.39 Å². The van der Waals surface area contributed by atoms with E-state index in [-0.39, 0.29) is 35.8 Å². The van der Waals surface area contributed by atoms with E-state index in [4.69, 9.17) is 4.74 Å². The quantitative estimate of drug-likeness (QED) is 0.304. The number of anilines is 1. The van der Waals surface area contributed by atoms with Crippen LogP contribution < -0.4 is 20.3 Å². The van der Waals surface area contributed by atoms with Crippen LogP contribution in [0.2, 0.25) is 0 Å². The number of nitrogens with zero attached hydrogens (tertiary/aromatic N) is 4. The maximum Gasteiger partial charge on any atom is 0.191 e. The Morgan fingerprint density at radius 2 is 2.16 bits per heavy atom. The highest BCUT2D eigenvalue weighted by Crippen LogP contribution is 2.20. The second-order valence-corrected chi connectivity index (χ2v) is 7.61. The average molecular weight is 542 g/mol. The van der Waals surface area contributed by atoms with Crippen LogP contribution in [0.5, 0.6) is 5.75 Å². The van der Waals surface area contributed by atoms with Gasteiger partial charge in [-0.25, -0.2) is 9.37 Å². The summed E-state index contributed by atoms with van der Waals surface area (Å²) in [4.78, 5) is 12.6. The number of aromatic nitrogens is 1. The maximum atomic E-state index is 14.0. The van der Waals surface area contributed by atoms with Gasteiger partial charge in [0.2, 0.25) is 0 Å². The van der Waals surface area contributed by atoms with E-state index in [1.807, 2.05) is 37.2 Å². The molecule has 2 N–H and O–H groups in total. The number of hydrogen-bond acceptors (Lipinski definition) is 5. The molecular formula is C22H32FIN6O. The molecular weight excluding hydrogens is 510 g/mol. The van der Waals surface area contributed by atoms with Gasteiger partial charge >= 0.3 is 0 Å². The summed E-state index contributed by atoms with van der Waals surface area (Å²) < 4.78 is 19.8. The van der Waals surface area contributed by atoms with Crippen molar-refractivity contribution in [3.63, 3.8) is 0 Å². The van der Waals surface area contributed by atoms with Gasteiger partial charge in [0, 0.05) is 45.5 Å². The Kier molecular flexibility index (Phi) is 10.3. The zero-order chi connectivity index (χ0) is 21.3. The Hall–Kier alpha value is -2.14. The number of likely N-dealkylation sites (N-methyl/N-ethyl adjacent to an activating group) is 1. The van der Waals surface area contributed by atoms with Gasteiger partial charge in [0.1, 0.15) is 12.4 Å². The monoisotopic (exact) mass is 542 g/mol. The molecule has 0 radical (unpaired) electrons. The van der Waals surface area contributed by atoms with Gasteiger partial charge in [0.15, 0.2) is 17.6 Å². The Bertz CT molecular complexity index is 850. The Morgan fingerprint density at radius 3 is 2.90 bits per heavy atom. The Balaban J connectivity index is 0.00000341. The smallest absolute Gasteiger partial charge is 0.191 e. The summed E-state index contributed by atoms with van der Waals surface area (Å²) in [5.74, 6) is 1.72. The summed E-state index contributed by atoms with van der Waals surface area (Å²) in [6.45, 7) is 3.61. The van der Waals surface area contributed by atoms with Gasteiger partial charge in [-0.1, -0.05) is 12.1 Å². The third kappa shape index (κ3) is 7.80. The number of aliphatic imine (C=N–C) groups is 1. The number of ether oxygens (including phenoxy) is 1. The summed E-state index contributed by atoms with van der Waals surface area (Å²) in [5, 5.41) is 6.77. The third-order valence-electron chi connectivity index (χ3n) is 4.96. The van der Waals surface area contributed by atoms with Crippen molar-refractivity contribution in [3.8, 4) is 5.75 Å². The molecule has 1 aromatic carbocycles. The van der Waals surface area contributed by atoms with Crippen molar-refractivity contribution in [2.45, 2.75) is 19.0 Å². The SMILES string of the molecule is CN=C(NCc1cccc(OCCN(C)C)c1)NC1CCN(c2ncccc2F)C1.I. The minimum absolute atomic E-state index is 0. The molecule has 0 aliphatic carbocycles. The van der Waals surface area contributed by atoms with E-state index in [1.54, 1.807) is 19.3 Å². The van der Waals surface area contributed by atoms with Crippen molar-refractivity contribution >= 4 is 35.8 Å². The predicted octanol–water partition coefficient (Wildman–Crippen LogP) is 2.72. The van der Waals surface area contributed by atoms with Gasteiger partial charge in [-0.15, -0.1) is 24.0 Å². The van der Waals surface area contributed by atoms with Crippen LogP contribution in [-0.2, 0) is 6.54 Å². The highest BCUT2D eigenvalue weighted by molar-refractivity contribution is 14.0. The van der Waals surface area contributed by atoms with E-state index >= 15 is 0 Å². The van der Waals surface area contributed by atoms with Crippen LogP contribution in [0, 0.1) is 5.82 Å². The van der Waals surface area contributed by atoms with Crippen molar-refractivity contribution in [2.75, 3.05) is 52.3 Å². The van der Waals surface area contributed by atoms with Crippen LogP contribution in [0.15, 0.2) is 47.6 Å². The van der Waals surface area contributed by atoms with Gasteiger partial charge < -0.3 is 25.2 Å². The molecule has 3 rings (SSSR count). The number of benzene rings is 1. The lowest BCUT2D eigenvalue weighted by Crippen LogP contribution is -2.44. The highest BCUT2D eigenvalue weighted by Gasteiger charge is 2.25. The fourth-order valence-electron chi connectivity index (χ4n) is 3.35. The Labute approximate surface area is 201 Å². The highest BCUT2D eigenvalue weighted by atomic mass is 127. The Morgan fingerprint density at radius 1 is 1.32 bits per heavy atom. The van der Waals surface area contributed by atoms with Crippen LogP contribution in [-0.4, -0.2) is 69.3 Å². The average Bonchev–Trinajstić information content (AvgIpc) is 3.20. The maximum absolute atomic E-state index is 14.0. The fraction of sp³-hybridized carbons (Fsp3) is 0.455. The van der Waals surface area contributed by atoms with Crippen LogP contribution in [0.3, 0.4) is 0 Å². The molecule has 1 aliphatic heterocycles. The summed E-state index contributed by atoms with van der Waals surface area (Å²) in [6.07, 6.45) is 2.52. The molecule has 2 aromatic rings. The van der Waals surface area contributed by atoms with Gasteiger partial charge in [0.25, 0.3) is 0 Å². The number of halogens is 2. The van der Waals surface area contributed by atoms with Crippen LogP contribution in [0.1, 0.15) is 12.0 Å². The van der Waals surface area contributed by atoms with Crippen molar-refractivity contribution in [1.82, 2.24) is 20.5 Å². The number of rotatable bonds is 8. The predicted molar refractivity (Wildman–Crippen MR) is 134 cm³/mol. The topological polar surface area (TPSA) is 65.0 Å². The number of guanidine groups is 1. The summed E-state index contributed by atoms with van der Waals surface area (Å²) in [7, 11) is 5.80. The van der Waals surface area contributed by atoms with Crippen molar-refractivity contribution in [3.05, 3.63) is 54.0 Å². The lowest BCUT2D eigenvalue weighted by atomic mass is 10.2. The minimum atomic E-state index is -0.284. The van der Waals surface area contributed by atoms with E-state index < -0.39 is 0 Å². The van der Waals surface area contributed by atoms with E-state index in [1.165, 1.54) is 6.07 Å². The lowest BCUT2D eigenvalue weighted by Gasteiger charge is -2.20. The summed E-state index contributed by atoms with van der Waals surface area (Å²) >= 11 is 0. The molecule has 1 aliphatic rings. The molecule has 0 saturated carbocycles. The first kappa shape index (κ1) is 25.1. The molecule has 7 nitrogen and oxygen atoms in total. The molecule has 0 amide bonds. The zero-order valence-corrected chi connectivity index (χ0v) is 20.7. The van der Waals surface area contributed by atoms with Gasteiger partial charge in [0.05, 0.1) is 0 Å². The first-order valence-electron chi connectivity index (χ1n) is 10.2. The first-order valence-corrected chi connectivity index (χ1v) is 10.2. The molecule has 9 heteroatoms. The molecule has 1 saturated heterocycles. The lowest BCUT2D eigenvalue weighted by molar-refractivity contribution is 0.261. The van der Waals surface area contributed by atoms with Crippen LogP contribution >= 0.6 is 24.0 Å². The fourth-order valence-corrected chi connectivity index (χ4v) is 3.35. The molecule has 31 heavy (non-hydrogen) atoms. The number of pyridine rings is 1. The van der Waals surface area contributed by atoms with Crippen LogP contribution in [0.25, 0.3) is 0 Å². The van der Waals surface area contributed by atoms with Crippen LogP contribution in [0.4, 0.5) is 10.2 Å². The molecule has 1 fully saturated rings. The van der Waals surface area contributed by atoms with Gasteiger partial charge in [-0.05, 0) is 50.3 Å². The number of nitrogens with one attached hydrogen (secondary N) is 2. The minimum Gasteiger partial charge on any atom is -0.492 e. The standard InChI is InChI=1S/C22H31FN6O.HI/c1-24-22(26-15-17-6-4-7-19(14-17)30-13-12-28(2)3)27-18-9-11-29(16-18)21-20(23)8-5-10-25-21;/h4-8,10,14,18H,9,11-13,15-16H2,1-3H3,(H2,24,26,27);1H. The molecule has 170 valence electrons. The van der Waals surface area contributed by atoms with Crippen molar-refractivity contribution in [1.29, 1.82) is 0 Å². The first-order chi connectivity index (χ1) is 14.5. The van der Waals surface area contributed by atoms with Gasteiger partial charge in [-0.2, -0.15) is 0 Å². The van der Waals surface area contributed by atoms with Crippen molar-refractivity contribution < 1.29 is 9.13 Å².